The maximum Gasteiger partial charge on any atom is 0.123 e. The van der Waals surface area contributed by atoms with Gasteiger partial charge in [0.25, 0.3) is 0 Å². The molecule has 1 aromatic carbocycles. The van der Waals surface area contributed by atoms with Crippen LogP contribution in [0, 0.1) is 5.82 Å². The fourth-order valence-corrected chi connectivity index (χ4v) is 3.32. The molecule has 0 unspecified atom stereocenters. The Bertz CT molecular complexity index is 489. The molecule has 0 aromatic heterocycles. The van der Waals surface area contributed by atoms with Crippen molar-refractivity contribution in [3.63, 3.8) is 0 Å². The first-order valence-electron chi connectivity index (χ1n) is 7.55. The largest absolute Gasteiger partial charge is 0.395 e. The van der Waals surface area contributed by atoms with E-state index in [-0.39, 0.29) is 17.4 Å². The van der Waals surface area contributed by atoms with Crippen LogP contribution >= 0.6 is 12.2 Å². The minimum Gasteiger partial charge on any atom is -0.395 e. The summed E-state index contributed by atoms with van der Waals surface area (Å²) in [6.45, 7) is 1.28. The Morgan fingerprint density at radius 2 is 2.05 bits per heavy atom. The Balaban J connectivity index is 2.19. The van der Waals surface area contributed by atoms with Gasteiger partial charge in [-0.15, -0.1) is 0 Å². The highest BCUT2D eigenvalue weighted by molar-refractivity contribution is 7.80. The van der Waals surface area contributed by atoms with Crippen LogP contribution in [0.2, 0.25) is 0 Å². The van der Waals surface area contributed by atoms with E-state index in [0.717, 1.165) is 24.0 Å². The summed E-state index contributed by atoms with van der Waals surface area (Å²) in [5.41, 5.74) is 7.27. The highest BCUT2D eigenvalue weighted by atomic mass is 32.1. The molecule has 1 aliphatic rings. The van der Waals surface area contributed by atoms with E-state index in [0.29, 0.717) is 19.1 Å². The molecule has 1 aliphatic carbocycles. The van der Waals surface area contributed by atoms with Crippen molar-refractivity contribution in [2.24, 2.45) is 5.73 Å². The summed E-state index contributed by atoms with van der Waals surface area (Å²) >= 11 is 5.05. The zero-order valence-corrected chi connectivity index (χ0v) is 13.0. The smallest absolute Gasteiger partial charge is 0.123 e. The average molecular weight is 310 g/mol. The maximum absolute atomic E-state index is 13.5. The van der Waals surface area contributed by atoms with Gasteiger partial charge in [-0.1, -0.05) is 31.5 Å². The standard InChI is InChI=1S/C16H23FN2OS/c17-13-6-7-15(16(18)21)12(10-13)11-19(8-9-20)14-4-2-1-3-5-14/h6-7,10,14,20H,1-5,8-9,11H2,(H2,18,21). The van der Waals surface area contributed by atoms with Crippen molar-refractivity contribution in [2.75, 3.05) is 13.2 Å². The molecule has 0 saturated heterocycles. The molecule has 0 aliphatic heterocycles. The predicted molar refractivity (Wildman–Crippen MR) is 86.7 cm³/mol. The second kappa shape index (κ2) is 7.82. The molecule has 1 fully saturated rings. The van der Waals surface area contributed by atoms with Gasteiger partial charge in [-0.05, 0) is 36.6 Å². The fourth-order valence-electron chi connectivity index (χ4n) is 3.12. The van der Waals surface area contributed by atoms with Crippen molar-refractivity contribution >= 4 is 17.2 Å². The number of aliphatic hydroxyl groups is 1. The number of nitrogens with two attached hydrogens (primary N) is 1. The first kappa shape index (κ1) is 16.3. The number of benzene rings is 1. The highest BCUT2D eigenvalue weighted by Gasteiger charge is 2.22. The van der Waals surface area contributed by atoms with E-state index in [4.69, 9.17) is 18.0 Å². The van der Waals surface area contributed by atoms with Crippen molar-refractivity contribution in [1.29, 1.82) is 0 Å². The lowest BCUT2D eigenvalue weighted by molar-refractivity contribution is 0.117. The molecule has 3 nitrogen and oxygen atoms in total. The molecule has 0 heterocycles. The summed E-state index contributed by atoms with van der Waals surface area (Å²) in [5, 5.41) is 9.31. The molecule has 0 bridgehead atoms. The molecule has 0 radical (unpaired) electrons. The van der Waals surface area contributed by atoms with E-state index in [1.54, 1.807) is 6.07 Å². The molecular formula is C16H23FN2OS. The lowest BCUT2D eigenvalue weighted by Gasteiger charge is -2.34. The molecule has 2 rings (SSSR count). The van der Waals surface area contributed by atoms with Crippen molar-refractivity contribution in [3.8, 4) is 0 Å². The summed E-state index contributed by atoms with van der Waals surface area (Å²) in [4.78, 5) is 2.52. The van der Waals surface area contributed by atoms with Gasteiger partial charge in [-0.2, -0.15) is 0 Å². The van der Waals surface area contributed by atoms with Crippen molar-refractivity contribution < 1.29 is 9.50 Å². The second-order valence-corrected chi connectivity index (χ2v) is 6.09. The Hall–Kier alpha value is -1.04. The second-order valence-electron chi connectivity index (χ2n) is 5.65. The van der Waals surface area contributed by atoms with Gasteiger partial charge in [0.05, 0.1) is 6.61 Å². The van der Waals surface area contributed by atoms with E-state index in [9.17, 15) is 9.50 Å². The molecule has 5 heteroatoms. The number of thiocarbonyl (C=S) groups is 1. The molecule has 3 N–H and O–H groups in total. The minimum atomic E-state index is -0.280. The van der Waals surface area contributed by atoms with Crippen LogP contribution in [-0.2, 0) is 6.54 Å². The number of hydrogen-bond donors (Lipinski definition) is 2. The maximum atomic E-state index is 13.5. The summed E-state index contributed by atoms with van der Waals surface area (Å²) in [6.07, 6.45) is 5.99. The van der Waals surface area contributed by atoms with Crippen LogP contribution in [-0.4, -0.2) is 34.2 Å². The van der Waals surface area contributed by atoms with E-state index < -0.39 is 0 Å². The van der Waals surface area contributed by atoms with Crippen LogP contribution in [0.15, 0.2) is 18.2 Å². The summed E-state index contributed by atoms with van der Waals surface area (Å²) < 4.78 is 13.5. The molecule has 21 heavy (non-hydrogen) atoms. The molecule has 116 valence electrons. The first-order chi connectivity index (χ1) is 10.1. The van der Waals surface area contributed by atoms with Crippen LogP contribution < -0.4 is 5.73 Å². The third-order valence-electron chi connectivity index (χ3n) is 4.18. The van der Waals surface area contributed by atoms with Crippen LogP contribution in [0.25, 0.3) is 0 Å². The fraction of sp³-hybridized carbons (Fsp3) is 0.562. The lowest BCUT2D eigenvalue weighted by Crippen LogP contribution is -2.38. The number of aliphatic hydroxyl groups excluding tert-OH is 1. The van der Waals surface area contributed by atoms with Gasteiger partial charge in [0.1, 0.15) is 10.8 Å². The molecule has 0 amide bonds. The van der Waals surface area contributed by atoms with E-state index in [2.05, 4.69) is 4.90 Å². The number of nitrogens with zero attached hydrogens (tertiary/aromatic N) is 1. The van der Waals surface area contributed by atoms with Crippen LogP contribution in [0.3, 0.4) is 0 Å². The van der Waals surface area contributed by atoms with Gasteiger partial charge < -0.3 is 10.8 Å². The number of halogens is 1. The van der Waals surface area contributed by atoms with E-state index >= 15 is 0 Å². The first-order valence-corrected chi connectivity index (χ1v) is 7.95. The Labute approximate surface area is 130 Å². The molecule has 0 atom stereocenters. The van der Waals surface area contributed by atoms with E-state index in [1.165, 1.54) is 31.4 Å². The zero-order chi connectivity index (χ0) is 15.2. The monoisotopic (exact) mass is 310 g/mol. The van der Waals surface area contributed by atoms with Crippen molar-refractivity contribution in [1.82, 2.24) is 4.90 Å². The van der Waals surface area contributed by atoms with Crippen LogP contribution in [0.1, 0.15) is 43.2 Å². The summed E-state index contributed by atoms with van der Waals surface area (Å²) in [6, 6.07) is 4.98. The zero-order valence-electron chi connectivity index (χ0n) is 12.2. The summed E-state index contributed by atoms with van der Waals surface area (Å²) in [7, 11) is 0. The SMILES string of the molecule is NC(=S)c1ccc(F)cc1CN(CCO)C1CCCCC1. The van der Waals surface area contributed by atoms with Gasteiger partial charge >= 0.3 is 0 Å². The summed E-state index contributed by atoms with van der Waals surface area (Å²) in [5.74, 6) is -0.280. The van der Waals surface area contributed by atoms with Crippen molar-refractivity contribution in [3.05, 3.63) is 35.1 Å². The van der Waals surface area contributed by atoms with Gasteiger partial charge in [0.15, 0.2) is 0 Å². The molecular weight excluding hydrogens is 287 g/mol. The third kappa shape index (κ3) is 4.46. The molecule has 0 spiro atoms. The van der Waals surface area contributed by atoms with Crippen LogP contribution in [0.5, 0.6) is 0 Å². The van der Waals surface area contributed by atoms with E-state index in [1.807, 2.05) is 0 Å². The third-order valence-corrected chi connectivity index (χ3v) is 4.40. The Morgan fingerprint density at radius 1 is 1.33 bits per heavy atom. The average Bonchev–Trinajstić information content (AvgIpc) is 2.47. The normalized spacial score (nSPS) is 16.3. The highest BCUT2D eigenvalue weighted by Crippen LogP contribution is 2.25. The number of hydrogen-bond acceptors (Lipinski definition) is 3. The topological polar surface area (TPSA) is 49.5 Å². The Kier molecular flexibility index (Phi) is 6.08. The van der Waals surface area contributed by atoms with Gasteiger partial charge in [0.2, 0.25) is 0 Å². The van der Waals surface area contributed by atoms with Crippen LogP contribution in [0.4, 0.5) is 4.39 Å². The van der Waals surface area contributed by atoms with Gasteiger partial charge in [0, 0.05) is 24.7 Å². The predicted octanol–water partition coefficient (Wildman–Crippen LogP) is 2.59. The number of rotatable bonds is 6. The quantitative estimate of drug-likeness (QED) is 0.793. The van der Waals surface area contributed by atoms with Crippen molar-refractivity contribution in [2.45, 2.75) is 44.7 Å². The molecule has 1 aromatic rings. The van der Waals surface area contributed by atoms with Gasteiger partial charge in [-0.3, -0.25) is 4.90 Å². The minimum absolute atomic E-state index is 0.105. The van der Waals surface area contributed by atoms with Gasteiger partial charge in [-0.25, -0.2) is 4.39 Å². The Morgan fingerprint density at radius 3 is 2.67 bits per heavy atom. The molecule has 1 saturated carbocycles. The lowest BCUT2D eigenvalue weighted by atomic mass is 9.93.